The van der Waals surface area contributed by atoms with E-state index in [9.17, 15) is 4.79 Å². The van der Waals surface area contributed by atoms with Crippen LogP contribution in [0.3, 0.4) is 0 Å². The number of aromatic nitrogens is 2. The molecule has 6 heteroatoms. The summed E-state index contributed by atoms with van der Waals surface area (Å²) < 4.78 is 0.964. The lowest BCUT2D eigenvalue weighted by Gasteiger charge is -2.08. The summed E-state index contributed by atoms with van der Waals surface area (Å²) in [6.07, 6.45) is 4.10. The van der Waals surface area contributed by atoms with Crippen molar-refractivity contribution in [3.8, 4) is 0 Å². The maximum atomic E-state index is 12.1. The number of nitrogens with one attached hydrogen (secondary N) is 2. The lowest BCUT2D eigenvalue weighted by atomic mass is 10.1. The summed E-state index contributed by atoms with van der Waals surface area (Å²) in [6.45, 7) is 5.15. The van der Waals surface area contributed by atoms with Crippen LogP contribution >= 0.6 is 15.9 Å². The van der Waals surface area contributed by atoms with Crippen LogP contribution in [0.4, 0.5) is 11.6 Å². The van der Waals surface area contributed by atoms with Gasteiger partial charge in [0.2, 0.25) is 5.95 Å². The lowest BCUT2D eigenvalue weighted by Crippen LogP contribution is -2.14. The Kier molecular flexibility index (Phi) is 5.89. The topological polar surface area (TPSA) is 66.9 Å². The molecule has 0 spiro atoms. The van der Waals surface area contributed by atoms with Gasteiger partial charge >= 0.3 is 0 Å². The van der Waals surface area contributed by atoms with E-state index in [1.165, 1.54) is 12.4 Å². The average Bonchev–Trinajstić information content (AvgIpc) is 2.50. The smallest absolute Gasteiger partial charge is 0.258 e. The highest BCUT2D eigenvalue weighted by Gasteiger charge is 2.07. The van der Waals surface area contributed by atoms with Gasteiger partial charge in [-0.25, -0.2) is 9.97 Å². The van der Waals surface area contributed by atoms with Crippen molar-refractivity contribution >= 4 is 33.5 Å². The highest BCUT2D eigenvalue weighted by Crippen LogP contribution is 2.15. The zero-order valence-corrected chi connectivity index (χ0v) is 14.2. The molecule has 2 rings (SSSR count). The van der Waals surface area contributed by atoms with Crippen molar-refractivity contribution in [1.29, 1.82) is 0 Å². The molecule has 0 atom stereocenters. The van der Waals surface area contributed by atoms with E-state index >= 15 is 0 Å². The molecule has 1 aromatic heterocycles. The zero-order chi connectivity index (χ0) is 15.9. The van der Waals surface area contributed by atoms with Gasteiger partial charge in [-0.05, 0) is 36.6 Å². The molecule has 0 unspecified atom stereocenters. The number of hydrogen-bond acceptors (Lipinski definition) is 4. The molecular formula is C16H19BrN4O. The van der Waals surface area contributed by atoms with E-state index in [-0.39, 0.29) is 5.91 Å². The Morgan fingerprint density at radius 1 is 1.18 bits per heavy atom. The van der Waals surface area contributed by atoms with E-state index in [0.29, 0.717) is 17.4 Å². The van der Waals surface area contributed by atoms with Gasteiger partial charge in [-0.15, -0.1) is 0 Å². The van der Waals surface area contributed by atoms with Crippen LogP contribution in [0.15, 0.2) is 41.1 Å². The summed E-state index contributed by atoms with van der Waals surface area (Å²) in [7, 11) is 0. The first kappa shape index (κ1) is 16.4. The molecule has 0 aliphatic carbocycles. The van der Waals surface area contributed by atoms with Gasteiger partial charge in [0.15, 0.2) is 0 Å². The molecule has 0 saturated carbocycles. The van der Waals surface area contributed by atoms with E-state index in [1.807, 2.05) is 24.3 Å². The molecule has 1 amide bonds. The zero-order valence-electron chi connectivity index (χ0n) is 12.6. The fraction of sp³-hybridized carbons (Fsp3) is 0.312. The Labute approximate surface area is 138 Å². The molecule has 116 valence electrons. The van der Waals surface area contributed by atoms with E-state index in [0.717, 1.165) is 23.1 Å². The van der Waals surface area contributed by atoms with Crippen LogP contribution < -0.4 is 10.6 Å². The summed E-state index contributed by atoms with van der Waals surface area (Å²) in [6, 6.07) is 7.39. The number of halogens is 1. The van der Waals surface area contributed by atoms with Crippen LogP contribution in [-0.4, -0.2) is 22.4 Å². The third kappa shape index (κ3) is 5.11. The average molecular weight is 363 g/mol. The number of benzene rings is 1. The second-order valence-electron chi connectivity index (χ2n) is 5.37. The summed E-state index contributed by atoms with van der Waals surface area (Å²) >= 11 is 3.35. The molecule has 0 saturated heterocycles. The Balaban J connectivity index is 1.91. The maximum Gasteiger partial charge on any atom is 0.258 e. The summed E-state index contributed by atoms with van der Waals surface area (Å²) in [5, 5.41) is 5.94. The van der Waals surface area contributed by atoms with Crippen LogP contribution in [0.25, 0.3) is 0 Å². The quantitative estimate of drug-likeness (QED) is 0.816. The van der Waals surface area contributed by atoms with Crippen LogP contribution in [-0.2, 0) is 0 Å². The van der Waals surface area contributed by atoms with Crippen LogP contribution in [0.5, 0.6) is 0 Å². The van der Waals surface area contributed by atoms with Gasteiger partial charge in [0.1, 0.15) is 0 Å². The Hall–Kier alpha value is -1.95. The molecule has 1 aromatic carbocycles. The number of carbonyl (C=O) groups is 1. The van der Waals surface area contributed by atoms with E-state index in [2.05, 4.69) is 50.4 Å². The Bertz CT molecular complexity index is 611. The van der Waals surface area contributed by atoms with Crippen molar-refractivity contribution in [2.24, 2.45) is 5.92 Å². The highest BCUT2D eigenvalue weighted by atomic mass is 79.9. The van der Waals surface area contributed by atoms with Gasteiger partial charge in [0.05, 0.1) is 5.56 Å². The van der Waals surface area contributed by atoms with Crippen LogP contribution in [0.1, 0.15) is 30.6 Å². The SMILES string of the molecule is CC(C)CCNc1ncc(C(=O)Nc2ccc(Br)cc2)cn1. The Morgan fingerprint density at radius 3 is 2.41 bits per heavy atom. The van der Waals surface area contributed by atoms with E-state index < -0.39 is 0 Å². The van der Waals surface area contributed by atoms with Crippen molar-refractivity contribution in [2.75, 3.05) is 17.2 Å². The standard InChI is InChI=1S/C16H19BrN4O/c1-11(2)7-8-18-16-19-9-12(10-20-16)15(22)21-14-5-3-13(17)4-6-14/h3-6,9-11H,7-8H2,1-2H3,(H,21,22)(H,18,19,20). The minimum atomic E-state index is -0.226. The molecule has 1 heterocycles. The second kappa shape index (κ2) is 7.89. The second-order valence-corrected chi connectivity index (χ2v) is 6.28. The number of anilines is 2. The maximum absolute atomic E-state index is 12.1. The number of carbonyl (C=O) groups excluding carboxylic acids is 1. The van der Waals surface area contributed by atoms with Gasteiger partial charge in [0.25, 0.3) is 5.91 Å². The Morgan fingerprint density at radius 2 is 1.82 bits per heavy atom. The predicted molar refractivity (Wildman–Crippen MR) is 92.1 cm³/mol. The molecule has 22 heavy (non-hydrogen) atoms. The molecule has 2 aromatic rings. The molecule has 0 aliphatic heterocycles. The number of rotatable bonds is 6. The first-order valence-electron chi connectivity index (χ1n) is 7.17. The van der Waals surface area contributed by atoms with Crippen molar-refractivity contribution in [3.05, 3.63) is 46.7 Å². The fourth-order valence-electron chi connectivity index (χ4n) is 1.75. The molecule has 0 radical (unpaired) electrons. The molecule has 5 nitrogen and oxygen atoms in total. The number of amides is 1. The van der Waals surface area contributed by atoms with Crippen molar-refractivity contribution in [2.45, 2.75) is 20.3 Å². The monoisotopic (exact) mass is 362 g/mol. The summed E-state index contributed by atoms with van der Waals surface area (Å²) in [5.74, 6) is 0.945. The van der Waals surface area contributed by atoms with Crippen molar-refractivity contribution in [1.82, 2.24) is 9.97 Å². The van der Waals surface area contributed by atoms with Gasteiger partial charge < -0.3 is 10.6 Å². The normalized spacial score (nSPS) is 10.5. The van der Waals surface area contributed by atoms with E-state index in [1.54, 1.807) is 0 Å². The van der Waals surface area contributed by atoms with Crippen LogP contribution in [0, 0.1) is 5.92 Å². The van der Waals surface area contributed by atoms with Gasteiger partial charge in [-0.1, -0.05) is 29.8 Å². The molecule has 0 bridgehead atoms. The summed E-state index contributed by atoms with van der Waals surface area (Å²) in [5.41, 5.74) is 1.16. The molecular weight excluding hydrogens is 344 g/mol. The molecule has 2 N–H and O–H groups in total. The van der Waals surface area contributed by atoms with Crippen LogP contribution in [0.2, 0.25) is 0 Å². The molecule has 0 aliphatic rings. The van der Waals surface area contributed by atoms with Crippen molar-refractivity contribution < 1.29 is 4.79 Å². The number of hydrogen-bond donors (Lipinski definition) is 2. The van der Waals surface area contributed by atoms with Gasteiger partial charge in [0, 0.05) is 29.1 Å². The van der Waals surface area contributed by atoms with Gasteiger partial charge in [-0.3, -0.25) is 4.79 Å². The minimum absolute atomic E-state index is 0.226. The fourth-order valence-corrected chi connectivity index (χ4v) is 2.01. The largest absolute Gasteiger partial charge is 0.354 e. The number of nitrogens with zero attached hydrogens (tertiary/aromatic N) is 2. The highest BCUT2D eigenvalue weighted by molar-refractivity contribution is 9.10. The summed E-state index contributed by atoms with van der Waals surface area (Å²) in [4.78, 5) is 20.4. The first-order chi connectivity index (χ1) is 10.5. The lowest BCUT2D eigenvalue weighted by molar-refractivity contribution is 0.102. The first-order valence-corrected chi connectivity index (χ1v) is 7.96. The van der Waals surface area contributed by atoms with E-state index in [4.69, 9.17) is 0 Å². The third-order valence-corrected chi connectivity index (χ3v) is 3.55. The van der Waals surface area contributed by atoms with Crippen molar-refractivity contribution in [3.63, 3.8) is 0 Å². The predicted octanol–water partition coefficient (Wildman–Crippen LogP) is 3.95. The third-order valence-electron chi connectivity index (χ3n) is 3.02. The van der Waals surface area contributed by atoms with Gasteiger partial charge in [-0.2, -0.15) is 0 Å². The molecule has 0 fully saturated rings. The minimum Gasteiger partial charge on any atom is -0.354 e.